The molecular formula is C12H8ClF2NO. The van der Waals surface area contributed by atoms with Crippen LogP contribution in [0.5, 0.6) is 11.6 Å². The van der Waals surface area contributed by atoms with Gasteiger partial charge in [-0.1, -0.05) is 6.07 Å². The number of nitrogens with zero attached hydrogens (tertiary/aromatic N) is 1. The molecular weight excluding hydrogens is 248 g/mol. The summed E-state index contributed by atoms with van der Waals surface area (Å²) >= 11 is 5.64. The van der Waals surface area contributed by atoms with E-state index in [9.17, 15) is 8.78 Å². The molecule has 1 aromatic carbocycles. The van der Waals surface area contributed by atoms with Crippen LogP contribution in [0.25, 0.3) is 0 Å². The van der Waals surface area contributed by atoms with Gasteiger partial charge in [-0.05, 0) is 23.8 Å². The molecule has 1 aromatic heterocycles. The Morgan fingerprint density at radius 3 is 2.82 bits per heavy atom. The fourth-order valence-electron chi connectivity index (χ4n) is 1.26. The first-order valence-electron chi connectivity index (χ1n) is 4.83. The monoisotopic (exact) mass is 255 g/mol. The molecule has 2 aromatic rings. The van der Waals surface area contributed by atoms with E-state index in [0.29, 0.717) is 5.88 Å². The maximum Gasteiger partial charge on any atom is 0.219 e. The van der Waals surface area contributed by atoms with E-state index in [2.05, 4.69) is 4.98 Å². The van der Waals surface area contributed by atoms with Crippen molar-refractivity contribution in [3.05, 3.63) is 53.7 Å². The van der Waals surface area contributed by atoms with Crippen molar-refractivity contribution in [3.8, 4) is 11.6 Å². The molecule has 0 unspecified atom stereocenters. The highest BCUT2D eigenvalue weighted by Gasteiger charge is 2.10. The first kappa shape index (κ1) is 11.8. The smallest absolute Gasteiger partial charge is 0.219 e. The van der Waals surface area contributed by atoms with E-state index in [1.54, 1.807) is 12.1 Å². The number of rotatable bonds is 3. The van der Waals surface area contributed by atoms with Gasteiger partial charge in [-0.15, -0.1) is 11.6 Å². The molecule has 1 heterocycles. The molecule has 0 atom stereocenters. The highest BCUT2D eigenvalue weighted by Crippen LogP contribution is 2.25. The van der Waals surface area contributed by atoms with Crippen LogP contribution in [0.2, 0.25) is 0 Å². The molecule has 17 heavy (non-hydrogen) atoms. The van der Waals surface area contributed by atoms with Crippen LogP contribution in [0, 0.1) is 11.6 Å². The van der Waals surface area contributed by atoms with Gasteiger partial charge >= 0.3 is 0 Å². The first-order valence-corrected chi connectivity index (χ1v) is 5.37. The van der Waals surface area contributed by atoms with Gasteiger partial charge in [0.2, 0.25) is 11.7 Å². The molecule has 0 bridgehead atoms. The van der Waals surface area contributed by atoms with E-state index in [1.807, 2.05) is 0 Å². The zero-order valence-electron chi connectivity index (χ0n) is 8.66. The van der Waals surface area contributed by atoms with Gasteiger partial charge in [0, 0.05) is 18.1 Å². The van der Waals surface area contributed by atoms with Crippen LogP contribution in [0.15, 0.2) is 36.5 Å². The van der Waals surface area contributed by atoms with Crippen LogP contribution in [0.4, 0.5) is 8.78 Å². The molecule has 0 aliphatic carbocycles. The van der Waals surface area contributed by atoms with Crippen LogP contribution in [-0.2, 0) is 5.88 Å². The lowest BCUT2D eigenvalue weighted by Crippen LogP contribution is -1.93. The number of hydrogen-bond acceptors (Lipinski definition) is 2. The average Bonchev–Trinajstić information content (AvgIpc) is 2.35. The average molecular weight is 256 g/mol. The summed E-state index contributed by atoms with van der Waals surface area (Å²) < 4.78 is 31.4. The Balaban J connectivity index is 2.28. The molecule has 2 rings (SSSR count). The third kappa shape index (κ3) is 2.71. The predicted molar refractivity (Wildman–Crippen MR) is 60.2 cm³/mol. The summed E-state index contributed by atoms with van der Waals surface area (Å²) in [6.07, 6.45) is 1.49. The first-order chi connectivity index (χ1) is 8.20. The normalized spacial score (nSPS) is 10.3. The van der Waals surface area contributed by atoms with Crippen molar-refractivity contribution >= 4 is 11.6 Å². The molecule has 0 spiro atoms. The van der Waals surface area contributed by atoms with E-state index in [-0.39, 0.29) is 11.6 Å². The van der Waals surface area contributed by atoms with Crippen LogP contribution < -0.4 is 4.74 Å². The molecule has 0 radical (unpaired) electrons. The lowest BCUT2D eigenvalue weighted by atomic mass is 10.3. The molecule has 0 aliphatic rings. The van der Waals surface area contributed by atoms with Crippen LogP contribution in [0.1, 0.15) is 5.56 Å². The third-order valence-electron chi connectivity index (χ3n) is 2.08. The van der Waals surface area contributed by atoms with Gasteiger partial charge in [0.15, 0.2) is 11.6 Å². The Hall–Kier alpha value is -1.68. The number of hydrogen-bond donors (Lipinski definition) is 0. The van der Waals surface area contributed by atoms with Crippen LogP contribution in [-0.4, -0.2) is 4.98 Å². The number of aromatic nitrogens is 1. The molecule has 0 N–H and O–H groups in total. The van der Waals surface area contributed by atoms with E-state index in [4.69, 9.17) is 16.3 Å². The fraction of sp³-hybridized carbons (Fsp3) is 0.0833. The summed E-state index contributed by atoms with van der Waals surface area (Å²) in [5.41, 5.74) is 0.786. The van der Waals surface area contributed by atoms with Gasteiger partial charge in [0.25, 0.3) is 0 Å². The maximum absolute atomic E-state index is 13.3. The molecule has 0 amide bonds. The molecule has 5 heteroatoms. The quantitative estimate of drug-likeness (QED) is 0.776. The molecule has 2 nitrogen and oxygen atoms in total. The zero-order valence-corrected chi connectivity index (χ0v) is 9.42. The van der Waals surface area contributed by atoms with E-state index >= 15 is 0 Å². The number of benzene rings is 1. The van der Waals surface area contributed by atoms with E-state index in [0.717, 1.165) is 11.6 Å². The Bertz CT molecular complexity index is 534. The number of pyridine rings is 1. The number of ether oxygens (including phenoxy) is 1. The van der Waals surface area contributed by atoms with Crippen molar-refractivity contribution in [2.75, 3.05) is 0 Å². The van der Waals surface area contributed by atoms with Gasteiger partial charge in [0.05, 0.1) is 0 Å². The van der Waals surface area contributed by atoms with E-state index in [1.165, 1.54) is 18.3 Å². The van der Waals surface area contributed by atoms with Crippen molar-refractivity contribution in [2.24, 2.45) is 0 Å². The fourth-order valence-corrected chi connectivity index (χ4v) is 1.43. The van der Waals surface area contributed by atoms with Gasteiger partial charge in [-0.25, -0.2) is 9.37 Å². The van der Waals surface area contributed by atoms with Crippen molar-refractivity contribution in [2.45, 2.75) is 5.88 Å². The van der Waals surface area contributed by atoms with Crippen LogP contribution in [0.3, 0.4) is 0 Å². The summed E-state index contributed by atoms with van der Waals surface area (Å²) in [6.45, 7) is 0. The number of alkyl halides is 1. The Morgan fingerprint density at radius 1 is 1.24 bits per heavy atom. The zero-order chi connectivity index (χ0) is 12.3. The van der Waals surface area contributed by atoms with Crippen LogP contribution >= 0.6 is 11.6 Å². The predicted octanol–water partition coefficient (Wildman–Crippen LogP) is 3.89. The lowest BCUT2D eigenvalue weighted by Gasteiger charge is -2.06. The molecule has 88 valence electrons. The summed E-state index contributed by atoms with van der Waals surface area (Å²) in [6, 6.07) is 6.98. The largest absolute Gasteiger partial charge is 0.436 e. The topological polar surface area (TPSA) is 22.1 Å². The summed E-state index contributed by atoms with van der Waals surface area (Å²) in [5.74, 6) is -1.73. The second kappa shape index (κ2) is 5.10. The second-order valence-corrected chi connectivity index (χ2v) is 3.56. The molecule has 0 fully saturated rings. The molecule has 0 saturated carbocycles. The minimum atomic E-state index is -1.04. The second-order valence-electron chi connectivity index (χ2n) is 3.29. The Kier molecular flexibility index (Phi) is 3.54. The highest BCUT2D eigenvalue weighted by molar-refractivity contribution is 6.17. The van der Waals surface area contributed by atoms with Crippen molar-refractivity contribution < 1.29 is 13.5 Å². The number of halogens is 3. The standard InChI is InChI=1S/C12H8ClF2NO/c13-7-8-4-5-16-11(6-8)17-10-3-1-2-9(14)12(10)15/h1-6H,7H2. The summed E-state index contributed by atoms with van der Waals surface area (Å²) in [4.78, 5) is 3.88. The minimum absolute atomic E-state index is 0.174. The third-order valence-corrected chi connectivity index (χ3v) is 2.39. The van der Waals surface area contributed by atoms with Gasteiger partial charge in [0.1, 0.15) is 0 Å². The minimum Gasteiger partial charge on any atom is -0.436 e. The molecule has 0 aliphatic heterocycles. The Morgan fingerprint density at radius 2 is 2.06 bits per heavy atom. The molecule has 0 saturated heterocycles. The van der Waals surface area contributed by atoms with Gasteiger partial charge in [-0.3, -0.25) is 0 Å². The van der Waals surface area contributed by atoms with Crippen molar-refractivity contribution in [3.63, 3.8) is 0 Å². The van der Waals surface area contributed by atoms with E-state index < -0.39 is 11.6 Å². The summed E-state index contributed by atoms with van der Waals surface area (Å²) in [5, 5.41) is 0. The van der Waals surface area contributed by atoms with Crippen molar-refractivity contribution in [1.29, 1.82) is 0 Å². The van der Waals surface area contributed by atoms with Gasteiger partial charge < -0.3 is 4.74 Å². The van der Waals surface area contributed by atoms with Gasteiger partial charge in [-0.2, -0.15) is 4.39 Å². The SMILES string of the molecule is Fc1cccc(Oc2cc(CCl)ccn2)c1F. The lowest BCUT2D eigenvalue weighted by molar-refractivity contribution is 0.405. The summed E-state index contributed by atoms with van der Waals surface area (Å²) in [7, 11) is 0. The Labute approximate surface area is 102 Å². The highest BCUT2D eigenvalue weighted by atomic mass is 35.5. The maximum atomic E-state index is 13.3. The van der Waals surface area contributed by atoms with Crippen molar-refractivity contribution in [1.82, 2.24) is 4.98 Å².